The van der Waals surface area contributed by atoms with Gasteiger partial charge in [-0.15, -0.1) is 0 Å². The standard InChI is InChI=1S/C23H28O11/c1-30-11-5-3-10(4-6-11)20-22(34-23-19(29)18(28)21(33-23)14(26)9-24)17(27)16-13(25)7-12(31-2)8-15(16)32-20/h3-8,14,17-29H,9H2,1-2H3. The van der Waals surface area contributed by atoms with Gasteiger partial charge in [-0.1, -0.05) is 12.1 Å². The number of aromatic hydroxyl groups is 1. The van der Waals surface area contributed by atoms with E-state index in [9.17, 15) is 30.6 Å². The van der Waals surface area contributed by atoms with Crippen LogP contribution < -0.4 is 14.2 Å². The van der Waals surface area contributed by atoms with Crippen LogP contribution in [0.1, 0.15) is 23.3 Å². The Balaban J connectivity index is 1.70. The maximum Gasteiger partial charge on any atom is 0.187 e. The lowest BCUT2D eigenvalue weighted by molar-refractivity contribution is -0.239. The SMILES string of the molecule is COc1ccc(C2Oc3cc(OC)cc(O)c3C(O)C2OC2OC(C(O)CO)C(O)C2O)cc1. The summed E-state index contributed by atoms with van der Waals surface area (Å²) in [4.78, 5) is 0. The van der Waals surface area contributed by atoms with Crippen molar-refractivity contribution in [3.63, 3.8) is 0 Å². The monoisotopic (exact) mass is 480 g/mol. The van der Waals surface area contributed by atoms with Gasteiger partial charge in [-0.3, -0.25) is 0 Å². The first kappa shape index (κ1) is 24.5. The number of benzene rings is 2. The van der Waals surface area contributed by atoms with Crippen molar-refractivity contribution in [3.05, 3.63) is 47.5 Å². The average Bonchev–Trinajstić information content (AvgIpc) is 3.13. The molecule has 1 saturated heterocycles. The van der Waals surface area contributed by atoms with E-state index in [1.54, 1.807) is 24.3 Å². The van der Waals surface area contributed by atoms with Gasteiger partial charge in [0.1, 0.15) is 59.6 Å². The molecule has 0 saturated carbocycles. The molecule has 8 atom stereocenters. The maximum absolute atomic E-state index is 11.2. The van der Waals surface area contributed by atoms with Gasteiger partial charge >= 0.3 is 0 Å². The highest BCUT2D eigenvalue weighted by Gasteiger charge is 2.50. The zero-order chi connectivity index (χ0) is 24.6. The van der Waals surface area contributed by atoms with Crippen molar-refractivity contribution >= 4 is 0 Å². The highest BCUT2D eigenvalue weighted by atomic mass is 16.7. The lowest BCUT2D eigenvalue weighted by Crippen LogP contribution is -2.43. The Morgan fingerprint density at radius 3 is 2.26 bits per heavy atom. The molecular weight excluding hydrogens is 452 g/mol. The molecule has 0 bridgehead atoms. The number of ether oxygens (including phenoxy) is 5. The second-order valence-electron chi connectivity index (χ2n) is 8.12. The largest absolute Gasteiger partial charge is 0.507 e. The first-order chi connectivity index (χ1) is 16.3. The number of aliphatic hydroxyl groups excluding tert-OH is 5. The van der Waals surface area contributed by atoms with Gasteiger partial charge in [0.05, 0.1) is 26.4 Å². The van der Waals surface area contributed by atoms with Gasteiger partial charge in [-0.2, -0.15) is 0 Å². The molecule has 2 aromatic rings. The fourth-order valence-electron chi connectivity index (χ4n) is 4.19. The molecule has 2 aromatic carbocycles. The number of phenols is 1. The quantitative estimate of drug-likeness (QED) is 0.309. The molecule has 0 amide bonds. The van der Waals surface area contributed by atoms with Crippen LogP contribution in [0, 0.1) is 0 Å². The number of hydrogen-bond donors (Lipinski definition) is 6. The Morgan fingerprint density at radius 1 is 0.971 bits per heavy atom. The number of methoxy groups -OCH3 is 2. The van der Waals surface area contributed by atoms with Gasteiger partial charge in [-0.25, -0.2) is 0 Å². The van der Waals surface area contributed by atoms with E-state index in [1.807, 2.05) is 0 Å². The summed E-state index contributed by atoms with van der Waals surface area (Å²) < 4.78 is 27.8. The molecular formula is C23H28O11. The van der Waals surface area contributed by atoms with E-state index < -0.39 is 55.6 Å². The van der Waals surface area contributed by atoms with Crippen LogP contribution in [0.5, 0.6) is 23.0 Å². The second kappa shape index (κ2) is 9.92. The van der Waals surface area contributed by atoms with Gasteiger partial charge in [-0.05, 0) is 17.7 Å². The van der Waals surface area contributed by atoms with Gasteiger partial charge in [0.2, 0.25) is 0 Å². The molecule has 1 fully saturated rings. The highest BCUT2D eigenvalue weighted by molar-refractivity contribution is 5.53. The fraction of sp³-hybridized carbons (Fsp3) is 0.478. The fourth-order valence-corrected chi connectivity index (χ4v) is 4.19. The van der Waals surface area contributed by atoms with E-state index in [4.69, 9.17) is 23.7 Å². The van der Waals surface area contributed by atoms with Crippen molar-refractivity contribution in [2.24, 2.45) is 0 Å². The minimum absolute atomic E-state index is 0.0514. The minimum atomic E-state index is -1.58. The Morgan fingerprint density at radius 2 is 1.65 bits per heavy atom. The van der Waals surface area contributed by atoms with Crippen LogP contribution in [0.3, 0.4) is 0 Å². The third-order valence-electron chi connectivity index (χ3n) is 6.05. The number of aliphatic hydroxyl groups is 5. The summed E-state index contributed by atoms with van der Waals surface area (Å²) in [5.41, 5.74) is 0.633. The van der Waals surface area contributed by atoms with Gasteiger partial charge in [0, 0.05) is 12.1 Å². The number of rotatable bonds is 7. The van der Waals surface area contributed by atoms with Crippen molar-refractivity contribution in [1.29, 1.82) is 0 Å². The smallest absolute Gasteiger partial charge is 0.187 e. The Kier molecular flexibility index (Phi) is 7.14. The summed E-state index contributed by atoms with van der Waals surface area (Å²) in [6, 6.07) is 9.63. The predicted octanol–water partition coefficient (Wildman–Crippen LogP) is -0.238. The van der Waals surface area contributed by atoms with Crippen LogP contribution in [0.15, 0.2) is 36.4 Å². The first-order valence-corrected chi connectivity index (χ1v) is 10.6. The van der Waals surface area contributed by atoms with Crippen LogP contribution in [0.4, 0.5) is 0 Å². The summed E-state index contributed by atoms with van der Waals surface area (Å²) >= 11 is 0. The van der Waals surface area contributed by atoms with E-state index in [2.05, 4.69) is 0 Å². The van der Waals surface area contributed by atoms with Gasteiger partial charge in [0.15, 0.2) is 12.4 Å². The van der Waals surface area contributed by atoms with Crippen molar-refractivity contribution in [1.82, 2.24) is 0 Å². The Labute approximate surface area is 195 Å². The molecule has 11 heteroatoms. The minimum Gasteiger partial charge on any atom is -0.507 e. The van der Waals surface area contributed by atoms with Crippen molar-refractivity contribution in [3.8, 4) is 23.0 Å². The number of hydrogen-bond acceptors (Lipinski definition) is 11. The summed E-state index contributed by atoms with van der Waals surface area (Å²) in [6.45, 7) is -0.701. The van der Waals surface area contributed by atoms with E-state index in [-0.39, 0.29) is 17.1 Å². The van der Waals surface area contributed by atoms with Crippen LogP contribution in [0.25, 0.3) is 0 Å². The van der Waals surface area contributed by atoms with Crippen LogP contribution in [0.2, 0.25) is 0 Å². The molecule has 6 N–H and O–H groups in total. The Hall–Kier alpha value is -2.64. The third-order valence-corrected chi connectivity index (χ3v) is 6.05. The molecule has 0 spiro atoms. The lowest BCUT2D eigenvalue weighted by atomic mass is 9.91. The zero-order valence-corrected chi connectivity index (χ0v) is 18.5. The van der Waals surface area contributed by atoms with Crippen LogP contribution in [-0.2, 0) is 9.47 Å². The van der Waals surface area contributed by atoms with E-state index in [0.717, 1.165) is 0 Å². The lowest BCUT2D eigenvalue weighted by Gasteiger charge is -2.39. The Bertz CT molecular complexity index is 982. The molecule has 11 nitrogen and oxygen atoms in total. The van der Waals surface area contributed by atoms with Crippen LogP contribution in [-0.4, -0.2) is 88.3 Å². The zero-order valence-electron chi connectivity index (χ0n) is 18.5. The normalized spacial score (nSPS) is 31.4. The first-order valence-electron chi connectivity index (χ1n) is 10.6. The molecule has 2 aliphatic heterocycles. The van der Waals surface area contributed by atoms with Crippen molar-refractivity contribution < 1.29 is 54.3 Å². The summed E-state index contributed by atoms with van der Waals surface area (Å²) in [5.74, 6) is 0.794. The van der Waals surface area contributed by atoms with E-state index in [0.29, 0.717) is 17.1 Å². The van der Waals surface area contributed by atoms with E-state index >= 15 is 0 Å². The topological polar surface area (TPSA) is 168 Å². The van der Waals surface area contributed by atoms with Gasteiger partial charge < -0.3 is 54.3 Å². The maximum atomic E-state index is 11.2. The highest BCUT2D eigenvalue weighted by Crippen LogP contribution is 2.49. The molecule has 2 heterocycles. The molecule has 2 aliphatic rings. The molecule has 0 radical (unpaired) electrons. The predicted molar refractivity (Wildman–Crippen MR) is 115 cm³/mol. The molecule has 186 valence electrons. The summed E-state index contributed by atoms with van der Waals surface area (Å²) in [7, 11) is 2.95. The van der Waals surface area contributed by atoms with Crippen LogP contribution >= 0.6 is 0 Å². The van der Waals surface area contributed by atoms with Crippen molar-refractivity contribution in [2.75, 3.05) is 20.8 Å². The second-order valence-corrected chi connectivity index (χ2v) is 8.12. The molecule has 0 aliphatic carbocycles. The molecule has 34 heavy (non-hydrogen) atoms. The van der Waals surface area contributed by atoms with E-state index in [1.165, 1.54) is 26.4 Å². The third kappa shape index (κ3) is 4.39. The summed E-state index contributed by atoms with van der Waals surface area (Å²) in [5, 5.41) is 61.5. The average molecular weight is 480 g/mol. The number of fused-ring (bicyclic) bond motifs is 1. The van der Waals surface area contributed by atoms with Gasteiger partial charge in [0.25, 0.3) is 0 Å². The molecule has 8 unspecified atom stereocenters. The molecule has 4 rings (SSSR count). The van der Waals surface area contributed by atoms with Crippen molar-refractivity contribution in [2.45, 2.75) is 49.0 Å². The summed E-state index contributed by atoms with van der Waals surface area (Å²) in [6.07, 6.45) is -10.9. The molecule has 0 aromatic heterocycles. The number of phenolic OH excluding ortho intramolecular Hbond substituents is 1.